The fourth-order valence-corrected chi connectivity index (χ4v) is 1.57. The molecule has 12 heavy (non-hydrogen) atoms. The predicted molar refractivity (Wildman–Crippen MR) is 50.5 cm³/mol. The molecule has 0 spiro atoms. The van der Waals surface area contributed by atoms with Crippen LogP contribution in [0.5, 0.6) is 0 Å². The molecule has 0 aromatic carbocycles. The second-order valence-corrected chi connectivity index (χ2v) is 4.83. The molecule has 2 N–H and O–H groups in total. The van der Waals surface area contributed by atoms with Gasteiger partial charge in [0.15, 0.2) is 9.52 Å². The molecule has 0 aromatic rings. The van der Waals surface area contributed by atoms with Gasteiger partial charge in [-0.25, -0.2) is 0 Å². The Morgan fingerprint density at radius 3 is 2.50 bits per heavy atom. The topological polar surface area (TPSA) is 52.3 Å². The summed E-state index contributed by atoms with van der Waals surface area (Å²) in [7, 11) is 0.245. The Kier molecular flexibility index (Phi) is 5.16. The monoisotopic (exact) mass is 187 g/mol. The van der Waals surface area contributed by atoms with Gasteiger partial charge in [0, 0.05) is 0 Å². The van der Waals surface area contributed by atoms with Crippen LogP contribution in [0.15, 0.2) is 0 Å². The highest BCUT2D eigenvalue weighted by atomic mass is 28.2. The van der Waals surface area contributed by atoms with E-state index in [-0.39, 0.29) is 20.7 Å². The molecule has 0 atom stereocenters. The Hall–Kier alpha value is -0.353. The highest BCUT2D eigenvalue weighted by Gasteiger charge is 2.15. The molecule has 3 nitrogen and oxygen atoms in total. The van der Waals surface area contributed by atoms with Crippen molar-refractivity contribution in [3.8, 4) is 0 Å². The molecule has 0 heterocycles. The van der Waals surface area contributed by atoms with Crippen molar-refractivity contribution in [2.75, 3.05) is 6.54 Å². The van der Waals surface area contributed by atoms with Crippen LogP contribution >= 0.6 is 0 Å². The molecule has 4 heteroatoms. The minimum Gasteiger partial charge on any atom is -0.465 e. The summed E-state index contributed by atoms with van der Waals surface area (Å²) in [4.78, 5) is 11.1. The van der Waals surface area contributed by atoms with Crippen molar-refractivity contribution in [3.05, 3.63) is 0 Å². The number of hydrogen-bond donors (Lipinski definition) is 1. The Balaban J connectivity index is 3.47. The lowest BCUT2D eigenvalue weighted by atomic mass is 10.2. The summed E-state index contributed by atoms with van der Waals surface area (Å²) in [5.74, 6) is 0. The van der Waals surface area contributed by atoms with Gasteiger partial charge in [-0.15, -0.1) is 0 Å². The zero-order chi connectivity index (χ0) is 9.61. The number of hydrogen-bond acceptors (Lipinski definition) is 3. The number of ether oxygens (including phenoxy) is 1. The van der Waals surface area contributed by atoms with Crippen molar-refractivity contribution in [3.63, 3.8) is 0 Å². The van der Waals surface area contributed by atoms with Crippen LogP contribution in [-0.4, -0.2) is 27.3 Å². The van der Waals surface area contributed by atoms with Gasteiger partial charge in [0.05, 0.1) is 0 Å². The van der Waals surface area contributed by atoms with Crippen molar-refractivity contribution < 1.29 is 9.53 Å². The molecule has 70 valence electrons. The molecule has 0 saturated carbocycles. The molecule has 0 aliphatic heterocycles. The first-order chi connectivity index (χ1) is 5.45. The first kappa shape index (κ1) is 11.6. The first-order valence-electron chi connectivity index (χ1n) is 4.12. The third-order valence-corrected chi connectivity index (χ3v) is 2.04. The Morgan fingerprint density at radius 2 is 2.08 bits per heavy atom. The van der Waals surface area contributed by atoms with E-state index in [1.165, 1.54) is 0 Å². The average Bonchev–Trinajstić information content (AvgIpc) is 1.84. The molecule has 0 amide bonds. The Labute approximate surface area is 76.5 Å². The number of carbonyl (C=O) groups excluding carboxylic acids is 1. The highest BCUT2D eigenvalue weighted by molar-refractivity contribution is 6.71. The molecule has 0 unspecified atom stereocenters. The largest absolute Gasteiger partial charge is 0.465 e. The van der Waals surface area contributed by atoms with E-state index < -0.39 is 0 Å². The fraction of sp³-hybridized carbons (Fsp3) is 0.875. The van der Waals surface area contributed by atoms with E-state index in [0.717, 1.165) is 12.5 Å². The van der Waals surface area contributed by atoms with Crippen molar-refractivity contribution in [2.24, 2.45) is 5.73 Å². The van der Waals surface area contributed by atoms with E-state index in [9.17, 15) is 4.79 Å². The van der Waals surface area contributed by atoms with Crippen LogP contribution in [0, 0.1) is 0 Å². The van der Waals surface area contributed by atoms with Crippen molar-refractivity contribution in [1.29, 1.82) is 0 Å². The maximum atomic E-state index is 11.1. The van der Waals surface area contributed by atoms with Crippen LogP contribution in [-0.2, 0) is 4.74 Å². The molecule has 0 bridgehead atoms. The van der Waals surface area contributed by atoms with E-state index in [1.807, 2.05) is 20.8 Å². The van der Waals surface area contributed by atoms with Gasteiger partial charge in [-0.2, -0.15) is 0 Å². The third kappa shape index (κ3) is 7.75. The third-order valence-electron chi connectivity index (χ3n) is 1.05. The van der Waals surface area contributed by atoms with E-state index in [4.69, 9.17) is 10.5 Å². The highest BCUT2D eigenvalue weighted by Crippen LogP contribution is 2.07. The van der Waals surface area contributed by atoms with Crippen LogP contribution in [0.4, 0.5) is 4.79 Å². The normalized spacial score (nSPS) is 11.3. The predicted octanol–water partition coefficient (Wildman–Crippen LogP) is 1.39. The lowest BCUT2D eigenvalue weighted by Crippen LogP contribution is -2.26. The van der Waals surface area contributed by atoms with E-state index in [1.54, 1.807) is 0 Å². The minimum atomic E-state index is -0.354. The SMILES string of the molecule is CC(C)(C)OC(=O)[Si]CCCN. The molecular formula is C8H17NO2Si. The summed E-state index contributed by atoms with van der Waals surface area (Å²) >= 11 is 0. The van der Waals surface area contributed by atoms with Crippen LogP contribution in [0.3, 0.4) is 0 Å². The maximum Gasteiger partial charge on any atom is 0.267 e. The smallest absolute Gasteiger partial charge is 0.267 e. The summed E-state index contributed by atoms with van der Waals surface area (Å²) in [6, 6.07) is 0.853. The lowest BCUT2D eigenvalue weighted by Gasteiger charge is -2.19. The standard InChI is InChI=1S/C8H17NO2Si/c1-8(2,3)11-7(10)12-6-4-5-9/h4-6,9H2,1-3H3. The summed E-state index contributed by atoms with van der Waals surface area (Å²) in [5.41, 5.74) is 4.84. The lowest BCUT2D eigenvalue weighted by molar-refractivity contribution is 0.0717. The van der Waals surface area contributed by atoms with Crippen molar-refractivity contribution >= 4 is 15.1 Å². The second-order valence-electron chi connectivity index (χ2n) is 3.57. The van der Waals surface area contributed by atoms with Gasteiger partial charge in [0.25, 0.3) is 5.59 Å². The van der Waals surface area contributed by atoms with E-state index in [2.05, 4.69) is 0 Å². The molecule has 0 aromatic heterocycles. The first-order valence-corrected chi connectivity index (χ1v) is 5.33. The second kappa shape index (κ2) is 5.32. The summed E-state index contributed by atoms with van der Waals surface area (Å²) in [6.45, 7) is 6.27. The molecule has 0 fully saturated rings. The van der Waals surface area contributed by atoms with E-state index in [0.29, 0.717) is 6.54 Å². The summed E-state index contributed by atoms with van der Waals surface area (Å²) in [5, 5.41) is 0. The van der Waals surface area contributed by atoms with Gasteiger partial charge >= 0.3 is 0 Å². The van der Waals surface area contributed by atoms with Crippen molar-refractivity contribution in [2.45, 2.75) is 38.8 Å². The van der Waals surface area contributed by atoms with Gasteiger partial charge in [-0.3, -0.25) is 4.79 Å². The molecule has 2 radical (unpaired) electrons. The number of carbonyl (C=O) groups is 1. The number of nitrogens with two attached hydrogens (primary N) is 1. The van der Waals surface area contributed by atoms with Crippen LogP contribution in [0.25, 0.3) is 0 Å². The van der Waals surface area contributed by atoms with Gasteiger partial charge in [-0.1, -0.05) is 0 Å². The van der Waals surface area contributed by atoms with Crippen LogP contribution in [0.1, 0.15) is 27.2 Å². The van der Waals surface area contributed by atoms with Crippen LogP contribution in [0.2, 0.25) is 6.04 Å². The van der Waals surface area contributed by atoms with E-state index >= 15 is 0 Å². The zero-order valence-electron chi connectivity index (χ0n) is 8.02. The molecule has 0 aliphatic rings. The molecule has 0 aliphatic carbocycles. The Bertz CT molecular complexity index is 142. The zero-order valence-corrected chi connectivity index (χ0v) is 9.02. The fourth-order valence-electron chi connectivity index (χ4n) is 0.607. The summed E-state index contributed by atoms with van der Waals surface area (Å²) in [6.07, 6.45) is 0.900. The quantitative estimate of drug-likeness (QED) is 0.534. The van der Waals surface area contributed by atoms with Crippen LogP contribution < -0.4 is 5.73 Å². The maximum absolute atomic E-state index is 11.1. The van der Waals surface area contributed by atoms with Gasteiger partial charge < -0.3 is 10.5 Å². The average molecular weight is 187 g/mol. The Morgan fingerprint density at radius 1 is 1.50 bits per heavy atom. The molecule has 0 saturated heterocycles. The van der Waals surface area contributed by atoms with Gasteiger partial charge in [-0.05, 0) is 39.8 Å². The molecular weight excluding hydrogens is 170 g/mol. The summed E-state index contributed by atoms with van der Waals surface area (Å²) < 4.78 is 5.12. The minimum absolute atomic E-state index is 0.101. The van der Waals surface area contributed by atoms with Gasteiger partial charge in [0.2, 0.25) is 0 Å². The molecule has 0 rings (SSSR count). The van der Waals surface area contributed by atoms with Gasteiger partial charge in [0.1, 0.15) is 5.60 Å². The van der Waals surface area contributed by atoms with Crippen molar-refractivity contribution in [1.82, 2.24) is 0 Å². The number of rotatable bonds is 4.